The average molecular weight is 432 g/mol. The number of hydrogen-bond donors (Lipinski definition) is 0. The first kappa shape index (κ1) is 21.0. The van der Waals surface area contributed by atoms with Gasteiger partial charge in [0.25, 0.3) is 0 Å². The van der Waals surface area contributed by atoms with Crippen LogP contribution in [0.4, 0.5) is 0 Å². The zero-order valence-electron chi connectivity index (χ0n) is 17.7. The SMILES string of the molecule is COc1ccc(-c2coc3cc(OC(=O)c4c(OC)cccc4OC)ccc3c2=O)cc1. The van der Waals surface area contributed by atoms with Crippen LogP contribution in [0.3, 0.4) is 0 Å². The lowest BCUT2D eigenvalue weighted by Gasteiger charge is -2.12. The molecule has 1 aromatic heterocycles. The lowest BCUT2D eigenvalue weighted by atomic mass is 10.1. The van der Waals surface area contributed by atoms with Crippen LogP contribution >= 0.6 is 0 Å². The van der Waals surface area contributed by atoms with E-state index in [2.05, 4.69) is 0 Å². The Bertz CT molecular complexity index is 1310. The first-order chi connectivity index (χ1) is 15.5. The van der Waals surface area contributed by atoms with E-state index >= 15 is 0 Å². The predicted molar refractivity (Wildman–Crippen MR) is 119 cm³/mol. The summed E-state index contributed by atoms with van der Waals surface area (Å²) in [6, 6.07) is 16.7. The lowest BCUT2D eigenvalue weighted by molar-refractivity contribution is 0.0727. The number of rotatable bonds is 6. The van der Waals surface area contributed by atoms with Crippen molar-refractivity contribution in [2.24, 2.45) is 0 Å². The second kappa shape index (κ2) is 8.85. The fourth-order valence-corrected chi connectivity index (χ4v) is 3.35. The highest BCUT2D eigenvalue weighted by Gasteiger charge is 2.21. The minimum absolute atomic E-state index is 0.161. The Kier molecular flexibility index (Phi) is 5.81. The monoisotopic (exact) mass is 432 g/mol. The third-order valence-corrected chi connectivity index (χ3v) is 4.99. The van der Waals surface area contributed by atoms with Crippen molar-refractivity contribution in [3.63, 3.8) is 0 Å². The maximum atomic E-state index is 13.0. The lowest BCUT2D eigenvalue weighted by Crippen LogP contribution is -2.12. The van der Waals surface area contributed by atoms with E-state index in [0.29, 0.717) is 39.3 Å². The molecule has 0 unspecified atom stereocenters. The van der Waals surface area contributed by atoms with Gasteiger partial charge in [-0.15, -0.1) is 0 Å². The number of hydrogen-bond acceptors (Lipinski definition) is 7. The molecule has 0 radical (unpaired) electrons. The van der Waals surface area contributed by atoms with Gasteiger partial charge in [-0.3, -0.25) is 4.79 Å². The molecule has 4 aromatic rings. The summed E-state index contributed by atoms with van der Waals surface area (Å²) in [6.07, 6.45) is 1.39. The third kappa shape index (κ3) is 3.88. The molecule has 0 aliphatic heterocycles. The fraction of sp³-hybridized carbons (Fsp3) is 0.120. The standard InChI is InChI=1S/C25H20O7/c1-28-16-9-7-15(8-10-16)19-14-31-22-13-17(11-12-18(22)24(19)26)32-25(27)23-20(29-2)5-4-6-21(23)30-3/h4-14H,1-3H3. The summed E-state index contributed by atoms with van der Waals surface area (Å²) < 4.78 is 26.8. The van der Waals surface area contributed by atoms with Crippen LogP contribution in [0, 0.1) is 0 Å². The molecule has 0 spiro atoms. The molecular weight excluding hydrogens is 412 g/mol. The molecule has 7 nitrogen and oxygen atoms in total. The van der Waals surface area contributed by atoms with Crippen LogP contribution in [0.5, 0.6) is 23.0 Å². The van der Waals surface area contributed by atoms with Crippen LogP contribution in [0.15, 0.2) is 76.1 Å². The first-order valence-corrected chi connectivity index (χ1v) is 9.69. The third-order valence-electron chi connectivity index (χ3n) is 4.99. The van der Waals surface area contributed by atoms with E-state index in [1.807, 2.05) is 0 Å². The second-order valence-corrected chi connectivity index (χ2v) is 6.79. The molecule has 3 aromatic carbocycles. The Morgan fingerprint density at radius 2 is 1.47 bits per heavy atom. The first-order valence-electron chi connectivity index (χ1n) is 9.69. The fourth-order valence-electron chi connectivity index (χ4n) is 3.35. The number of methoxy groups -OCH3 is 3. The van der Waals surface area contributed by atoms with Gasteiger partial charge in [0.15, 0.2) is 5.43 Å². The van der Waals surface area contributed by atoms with Gasteiger partial charge in [-0.2, -0.15) is 0 Å². The molecule has 4 rings (SSSR count). The van der Waals surface area contributed by atoms with Crippen molar-refractivity contribution in [3.05, 3.63) is 82.7 Å². The summed E-state index contributed by atoms with van der Waals surface area (Å²) >= 11 is 0. The van der Waals surface area contributed by atoms with Crippen molar-refractivity contribution >= 4 is 16.9 Å². The number of esters is 1. The maximum Gasteiger partial charge on any atom is 0.351 e. The van der Waals surface area contributed by atoms with Crippen LogP contribution in [-0.4, -0.2) is 27.3 Å². The molecule has 0 bridgehead atoms. The highest BCUT2D eigenvalue weighted by molar-refractivity contribution is 5.97. The number of carbonyl (C=O) groups excluding carboxylic acids is 1. The summed E-state index contributed by atoms with van der Waals surface area (Å²) in [5.41, 5.74) is 1.39. The quantitative estimate of drug-likeness (QED) is 0.322. The Balaban J connectivity index is 1.66. The smallest absolute Gasteiger partial charge is 0.351 e. The molecule has 0 saturated carbocycles. The van der Waals surface area contributed by atoms with Gasteiger partial charge < -0.3 is 23.4 Å². The molecule has 0 amide bonds. The van der Waals surface area contributed by atoms with Crippen molar-refractivity contribution in [1.29, 1.82) is 0 Å². The highest BCUT2D eigenvalue weighted by Crippen LogP contribution is 2.30. The minimum atomic E-state index is -0.657. The maximum absolute atomic E-state index is 13.0. The average Bonchev–Trinajstić information content (AvgIpc) is 2.83. The Labute approximate surface area is 183 Å². The number of carbonyl (C=O) groups is 1. The van der Waals surface area contributed by atoms with Crippen LogP contribution < -0.4 is 24.4 Å². The predicted octanol–water partition coefficient (Wildman–Crippen LogP) is 4.71. The van der Waals surface area contributed by atoms with Gasteiger partial charge in [0.1, 0.15) is 40.4 Å². The summed E-state index contributed by atoms with van der Waals surface area (Å²) in [4.78, 5) is 25.8. The molecule has 0 aliphatic carbocycles. The van der Waals surface area contributed by atoms with E-state index < -0.39 is 5.97 Å². The van der Waals surface area contributed by atoms with E-state index in [4.69, 9.17) is 23.4 Å². The van der Waals surface area contributed by atoms with Gasteiger partial charge in [-0.25, -0.2) is 4.79 Å². The largest absolute Gasteiger partial charge is 0.497 e. The molecule has 0 fully saturated rings. The van der Waals surface area contributed by atoms with Crippen LogP contribution in [0.1, 0.15) is 10.4 Å². The van der Waals surface area contributed by atoms with Gasteiger partial charge in [0.05, 0.1) is 32.3 Å². The van der Waals surface area contributed by atoms with Gasteiger partial charge in [-0.05, 0) is 42.0 Å². The molecule has 0 saturated heterocycles. The van der Waals surface area contributed by atoms with Gasteiger partial charge in [0.2, 0.25) is 0 Å². The number of fused-ring (bicyclic) bond motifs is 1. The Hall–Kier alpha value is -4.26. The van der Waals surface area contributed by atoms with Crippen molar-refractivity contribution in [1.82, 2.24) is 0 Å². The van der Waals surface area contributed by atoms with Crippen LogP contribution in [0.2, 0.25) is 0 Å². The number of benzene rings is 3. The molecule has 0 N–H and O–H groups in total. The molecule has 0 atom stereocenters. The van der Waals surface area contributed by atoms with Gasteiger partial charge in [-0.1, -0.05) is 18.2 Å². The molecule has 0 aliphatic rings. The summed E-state index contributed by atoms with van der Waals surface area (Å²) in [5, 5.41) is 0.369. The summed E-state index contributed by atoms with van der Waals surface area (Å²) in [5.74, 6) is 0.903. The Morgan fingerprint density at radius 1 is 0.812 bits per heavy atom. The summed E-state index contributed by atoms with van der Waals surface area (Å²) in [7, 11) is 4.49. The summed E-state index contributed by atoms with van der Waals surface area (Å²) in [6.45, 7) is 0. The normalized spacial score (nSPS) is 10.6. The molecular formula is C25H20O7. The van der Waals surface area contributed by atoms with Crippen molar-refractivity contribution < 1.29 is 28.2 Å². The highest BCUT2D eigenvalue weighted by atomic mass is 16.5. The molecule has 7 heteroatoms. The number of ether oxygens (including phenoxy) is 4. The minimum Gasteiger partial charge on any atom is -0.497 e. The van der Waals surface area contributed by atoms with E-state index in [0.717, 1.165) is 0 Å². The zero-order valence-corrected chi connectivity index (χ0v) is 17.7. The Morgan fingerprint density at radius 3 is 2.09 bits per heavy atom. The van der Waals surface area contributed by atoms with E-state index in [-0.39, 0.29) is 16.7 Å². The van der Waals surface area contributed by atoms with E-state index in [1.54, 1.807) is 55.6 Å². The van der Waals surface area contributed by atoms with Crippen LogP contribution in [0.25, 0.3) is 22.1 Å². The molecule has 162 valence electrons. The zero-order chi connectivity index (χ0) is 22.7. The van der Waals surface area contributed by atoms with Crippen molar-refractivity contribution in [2.75, 3.05) is 21.3 Å². The van der Waals surface area contributed by atoms with Gasteiger partial charge in [0, 0.05) is 6.07 Å². The van der Waals surface area contributed by atoms with Gasteiger partial charge >= 0.3 is 5.97 Å². The van der Waals surface area contributed by atoms with Crippen molar-refractivity contribution in [3.8, 4) is 34.1 Å². The van der Waals surface area contributed by atoms with Crippen LogP contribution in [-0.2, 0) is 0 Å². The topological polar surface area (TPSA) is 84.2 Å². The second-order valence-electron chi connectivity index (χ2n) is 6.79. The van der Waals surface area contributed by atoms with E-state index in [1.165, 1.54) is 32.6 Å². The van der Waals surface area contributed by atoms with E-state index in [9.17, 15) is 9.59 Å². The van der Waals surface area contributed by atoms with Crippen molar-refractivity contribution in [2.45, 2.75) is 0 Å². The molecule has 1 heterocycles. The molecule has 32 heavy (non-hydrogen) atoms.